The molecular formula is C23H22N4OS. The standard InChI is InChI=1S/C23H22N4OS/c1-17-16-25-22(26-23(17)29-21-8-4-19(15-24)5-9-21)14-18-2-6-20(7-3-18)27-10-12-28-13-11-27/h2-9,16H,10-14H2,1H3. The summed E-state index contributed by atoms with van der Waals surface area (Å²) in [6.07, 6.45) is 2.58. The number of anilines is 1. The highest BCUT2D eigenvalue weighted by molar-refractivity contribution is 7.99. The Bertz CT molecular complexity index is 1010. The van der Waals surface area contributed by atoms with Crippen molar-refractivity contribution in [2.24, 2.45) is 0 Å². The van der Waals surface area contributed by atoms with Crippen LogP contribution < -0.4 is 4.90 Å². The molecule has 2 heterocycles. The van der Waals surface area contributed by atoms with Gasteiger partial charge in [-0.05, 0) is 54.4 Å². The van der Waals surface area contributed by atoms with E-state index in [-0.39, 0.29) is 0 Å². The van der Waals surface area contributed by atoms with Gasteiger partial charge in [0.2, 0.25) is 0 Å². The van der Waals surface area contributed by atoms with E-state index in [2.05, 4.69) is 40.2 Å². The van der Waals surface area contributed by atoms with E-state index in [4.69, 9.17) is 15.0 Å². The van der Waals surface area contributed by atoms with Crippen LogP contribution in [0.15, 0.2) is 64.6 Å². The molecule has 6 heteroatoms. The van der Waals surface area contributed by atoms with Gasteiger partial charge in [-0.3, -0.25) is 0 Å². The summed E-state index contributed by atoms with van der Waals surface area (Å²) in [7, 11) is 0. The van der Waals surface area contributed by atoms with E-state index < -0.39 is 0 Å². The first kappa shape index (κ1) is 19.4. The summed E-state index contributed by atoms with van der Waals surface area (Å²) in [5, 5.41) is 9.89. The Morgan fingerprint density at radius 3 is 2.48 bits per heavy atom. The van der Waals surface area contributed by atoms with E-state index in [1.165, 1.54) is 11.3 Å². The molecule has 0 radical (unpaired) electrons. The molecule has 146 valence electrons. The number of aryl methyl sites for hydroxylation is 1. The summed E-state index contributed by atoms with van der Waals surface area (Å²) in [6, 6.07) is 18.4. The fourth-order valence-corrected chi connectivity index (χ4v) is 4.05. The molecule has 0 amide bonds. The zero-order valence-corrected chi connectivity index (χ0v) is 17.2. The molecule has 0 atom stereocenters. The van der Waals surface area contributed by atoms with Gasteiger partial charge in [0.15, 0.2) is 0 Å². The molecule has 1 aliphatic rings. The Hall–Kier alpha value is -2.88. The summed E-state index contributed by atoms with van der Waals surface area (Å²) in [6.45, 7) is 5.48. The maximum Gasteiger partial charge on any atom is 0.133 e. The third-order valence-electron chi connectivity index (χ3n) is 4.85. The van der Waals surface area contributed by atoms with Crippen LogP contribution in [0.1, 0.15) is 22.5 Å². The lowest BCUT2D eigenvalue weighted by molar-refractivity contribution is 0.122. The minimum atomic E-state index is 0.662. The molecule has 0 unspecified atom stereocenters. The van der Waals surface area contributed by atoms with Gasteiger partial charge >= 0.3 is 0 Å². The van der Waals surface area contributed by atoms with Crippen molar-refractivity contribution in [3.05, 3.63) is 77.2 Å². The van der Waals surface area contributed by atoms with Crippen LogP contribution in [0.2, 0.25) is 0 Å². The van der Waals surface area contributed by atoms with E-state index >= 15 is 0 Å². The lowest BCUT2D eigenvalue weighted by Gasteiger charge is -2.28. The second-order valence-corrected chi connectivity index (χ2v) is 8.02. The highest BCUT2D eigenvalue weighted by Crippen LogP contribution is 2.29. The van der Waals surface area contributed by atoms with Crippen molar-refractivity contribution in [1.82, 2.24) is 9.97 Å². The molecule has 4 rings (SSSR count). The first-order valence-electron chi connectivity index (χ1n) is 9.63. The average molecular weight is 403 g/mol. The Morgan fingerprint density at radius 1 is 1.07 bits per heavy atom. The molecule has 3 aromatic rings. The largest absolute Gasteiger partial charge is 0.378 e. The van der Waals surface area contributed by atoms with Gasteiger partial charge in [0.1, 0.15) is 10.9 Å². The molecule has 1 aliphatic heterocycles. The highest BCUT2D eigenvalue weighted by atomic mass is 32.2. The zero-order valence-electron chi connectivity index (χ0n) is 16.3. The number of rotatable bonds is 5. The molecule has 1 saturated heterocycles. The van der Waals surface area contributed by atoms with Crippen LogP contribution in [0.3, 0.4) is 0 Å². The van der Waals surface area contributed by atoms with Crippen LogP contribution in [0.25, 0.3) is 0 Å². The number of morpholine rings is 1. The van der Waals surface area contributed by atoms with Gasteiger partial charge in [0.25, 0.3) is 0 Å². The van der Waals surface area contributed by atoms with Gasteiger partial charge in [-0.2, -0.15) is 5.26 Å². The van der Waals surface area contributed by atoms with Crippen molar-refractivity contribution in [3.8, 4) is 6.07 Å². The molecule has 2 aromatic carbocycles. The van der Waals surface area contributed by atoms with Crippen LogP contribution in [0.5, 0.6) is 0 Å². The van der Waals surface area contributed by atoms with Crippen molar-refractivity contribution in [2.75, 3.05) is 31.2 Å². The van der Waals surface area contributed by atoms with Gasteiger partial charge in [0.05, 0.1) is 24.8 Å². The summed E-state index contributed by atoms with van der Waals surface area (Å²) in [5.41, 5.74) is 4.14. The second-order valence-electron chi connectivity index (χ2n) is 6.96. The number of nitrogens with zero attached hydrogens (tertiary/aromatic N) is 4. The summed E-state index contributed by atoms with van der Waals surface area (Å²) >= 11 is 1.60. The monoisotopic (exact) mass is 402 g/mol. The van der Waals surface area contributed by atoms with Crippen molar-refractivity contribution in [1.29, 1.82) is 5.26 Å². The van der Waals surface area contributed by atoms with Gasteiger partial charge < -0.3 is 9.64 Å². The molecule has 0 aliphatic carbocycles. The van der Waals surface area contributed by atoms with Crippen LogP contribution >= 0.6 is 11.8 Å². The quantitative estimate of drug-likeness (QED) is 0.595. The van der Waals surface area contributed by atoms with Gasteiger partial charge in [-0.25, -0.2) is 9.97 Å². The van der Waals surface area contributed by atoms with Crippen LogP contribution in [-0.2, 0) is 11.2 Å². The van der Waals surface area contributed by atoms with E-state index in [1.54, 1.807) is 11.8 Å². The number of hydrogen-bond donors (Lipinski definition) is 0. The average Bonchev–Trinajstić information content (AvgIpc) is 2.78. The Balaban J connectivity index is 1.46. The molecule has 0 saturated carbocycles. The molecule has 1 fully saturated rings. The molecular weight excluding hydrogens is 380 g/mol. The topological polar surface area (TPSA) is 62.0 Å². The Kier molecular flexibility index (Phi) is 6.09. The Morgan fingerprint density at radius 2 is 1.79 bits per heavy atom. The maximum absolute atomic E-state index is 8.94. The SMILES string of the molecule is Cc1cnc(Cc2ccc(N3CCOCC3)cc2)nc1Sc1ccc(C#N)cc1. The van der Waals surface area contributed by atoms with Crippen molar-refractivity contribution >= 4 is 17.4 Å². The fourth-order valence-electron chi connectivity index (χ4n) is 3.19. The second kappa shape index (κ2) is 9.08. The maximum atomic E-state index is 8.94. The van der Waals surface area contributed by atoms with Crippen molar-refractivity contribution < 1.29 is 4.74 Å². The molecule has 1 aromatic heterocycles. The molecule has 0 N–H and O–H groups in total. The normalized spacial score (nSPS) is 13.9. The fraction of sp³-hybridized carbons (Fsp3) is 0.261. The first-order valence-corrected chi connectivity index (χ1v) is 10.4. The van der Waals surface area contributed by atoms with Gasteiger partial charge in [0, 0.05) is 36.3 Å². The number of hydrogen-bond acceptors (Lipinski definition) is 6. The predicted molar refractivity (Wildman–Crippen MR) is 114 cm³/mol. The Labute approximate surface area is 175 Å². The molecule has 0 spiro atoms. The lowest BCUT2D eigenvalue weighted by Crippen LogP contribution is -2.36. The van der Waals surface area contributed by atoms with Crippen LogP contribution in [0, 0.1) is 18.3 Å². The smallest absolute Gasteiger partial charge is 0.133 e. The summed E-state index contributed by atoms with van der Waals surface area (Å²) in [4.78, 5) is 12.7. The van der Waals surface area contributed by atoms with Crippen molar-refractivity contribution in [3.63, 3.8) is 0 Å². The van der Waals surface area contributed by atoms with Gasteiger partial charge in [-0.1, -0.05) is 23.9 Å². The molecule has 0 bridgehead atoms. The number of aromatic nitrogens is 2. The van der Waals surface area contributed by atoms with E-state index in [1.807, 2.05) is 37.4 Å². The van der Waals surface area contributed by atoms with Crippen LogP contribution in [-0.4, -0.2) is 36.3 Å². The van der Waals surface area contributed by atoms with E-state index in [9.17, 15) is 0 Å². The van der Waals surface area contributed by atoms with E-state index in [0.29, 0.717) is 12.0 Å². The third kappa shape index (κ3) is 4.94. The predicted octanol–water partition coefficient (Wildman–Crippen LogP) is 4.24. The first-order chi connectivity index (χ1) is 14.2. The lowest BCUT2D eigenvalue weighted by atomic mass is 10.1. The van der Waals surface area contributed by atoms with Crippen LogP contribution in [0.4, 0.5) is 5.69 Å². The zero-order chi connectivity index (χ0) is 20.1. The molecule has 5 nitrogen and oxygen atoms in total. The minimum Gasteiger partial charge on any atom is -0.378 e. The number of benzene rings is 2. The van der Waals surface area contributed by atoms with Gasteiger partial charge in [-0.15, -0.1) is 0 Å². The third-order valence-corrected chi connectivity index (χ3v) is 5.96. The minimum absolute atomic E-state index is 0.662. The number of nitriles is 1. The number of ether oxygens (including phenoxy) is 1. The summed E-state index contributed by atoms with van der Waals surface area (Å²) < 4.78 is 5.42. The van der Waals surface area contributed by atoms with E-state index in [0.717, 1.165) is 47.6 Å². The molecule has 29 heavy (non-hydrogen) atoms. The van der Waals surface area contributed by atoms with Crippen molar-refractivity contribution in [2.45, 2.75) is 23.3 Å². The summed E-state index contributed by atoms with van der Waals surface area (Å²) in [5.74, 6) is 0.811. The highest BCUT2D eigenvalue weighted by Gasteiger charge is 2.11.